The Bertz CT molecular complexity index is 605. The molecule has 0 aromatic heterocycles. The van der Waals surface area contributed by atoms with E-state index in [1.165, 1.54) is 0 Å². The van der Waals surface area contributed by atoms with Crippen molar-refractivity contribution in [1.82, 2.24) is 5.32 Å². The number of alkyl carbamates (subject to hydrolysis) is 1. The molecule has 11 nitrogen and oxygen atoms in total. The molecule has 0 aliphatic rings. The Labute approximate surface area is 210 Å². The zero-order chi connectivity index (χ0) is 26.4. The molecular weight excluding hydrogens is 478 g/mol. The van der Waals surface area contributed by atoms with Crippen molar-refractivity contribution in [3.8, 4) is 0 Å². The first-order valence-corrected chi connectivity index (χ1v) is 13.9. The van der Waals surface area contributed by atoms with E-state index >= 15 is 0 Å². The number of hydrogen-bond donors (Lipinski definition) is 1. The summed E-state index contributed by atoms with van der Waals surface area (Å²) in [5, 5.41) is 2.68. The van der Waals surface area contributed by atoms with Crippen LogP contribution in [0.15, 0.2) is 12.2 Å². The molecule has 0 saturated heterocycles. The predicted octanol–water partition coefficient (Wildman–Crippen LogP) is 3.00. The average molecular weight is 522 g/mol. The van der Waals surface area contributed by atoms with E-state index in [9.17, 15) is 14.4 Å². The highest BCUT2D eigenvalue weighted by atomic mass is 28.4. The van der Waals surface area contributed by atoms with E-state index < -0.39 is 20.9 Å². The highest BCUT2D eigenvalue weighted by molar-refractivity contribution is 6.60. The third-order valence-electron chi connectivity index (χ3n) is 4.92. The zero-order valence-corrected chi connectivity index (χ0v) is 22.7. The minimum atomic E-state index is -2.61. The van der Waals surface area contributed by atoms with Crippen molar-refractivity contribution >= 4 is 26.8 Å². The molecule has 1 amide bonds. The number of carbonyl (C=O) groups is 3. The first-order valence-electron chi connectivity index (χ1n) is 11.9. The minimum Gasteiger partial charge on any atom is -0.466 e. The third-order valence-corrected chi connectivity index (χ3v) is 7.75. The molecule has 0 fully saturated rings. The first-order chi connectivity index (χ1) is 16.8. The van der Waals surface area contributed by atoms with Crippen molar-refractivity contribution in [2.45, 2.75) is 57.9 Å². The SMILES string of the molecule is C=C(C)C(=O)OCCOCCOC(=O)NCCCCCCCC(=O)OCCC[Si](OC)(OC)OC. The van der Waals surface area contributed by atoms with Gasteiger partial charge < -0.3 is 37.5 Å². The van der Waals surface area contributed by atoms with Crippen LogP contribution in [0.3, 0.4) is 0 Å². The van der Waals surface area contributed by atoms with Crippen molar-refractivity contribution in [3.05, 3.63) is 12.2 Å². The number of nitrogens with one attached hydrogen (secondary N) is 1. The topological polar surface area (TPSA) is 128 Å². The van der Waals surface area contributed by atoms with Gasteiger partial charge in [0.2, 0.25) is 0 Å². The van der Waals surface area contributed by atoms with Crippen molar-refractivity contribution in [3.63, 3.8) is 0 Å². The van der Waals surface area contributed by atoms with Crippen LogP contribution in [0.4, 0.5) is 4.79 Å². The van der Waals surface area contributed by atoms with Crippen LogP contribution in [0, 0.1) is 0 Å². The molecule has 0 heterocycles. The fourth-order valence-electron chi connectivity index (χ4n) is 2.88. The van der Waals surface area contributed by atoms with Gasteiger partial charge in [0.1, 0.15) is 13.2 Å². The average Bonchev–Trinajstić information content (AvgIpc) is 2.85. The van der Waals surface area contributed by atoms with Crippen LogP contribution in [-0.2, 0) is 41.8 Å². The second-order valence-corrected chi connectivity index (χ2v) is 10.8. The number of amides is 1. The van der Waals surface area contributed by atoms with Gasteiger partial charge in [0.05, 0.1) is 19.8 Å². The molecule has 0 bridgehead atoms. The van der Waals surface area contributed by atoms with E-state index in [4.69, 9.17) is 32.2 Å². The molecule has 0 saturated carbocycles. The van der Waals surface area contributed by atoms with Gasteiger partial charge in [-0.1, -0.05) is 25.8 Å². The van der Waals surface area contributed by atoms with Gasteiger partial charge in [-0.25, -0.2) is 9.59 Å². The van der Waals surface area contributed by atoms with Crippen molar-refractivity contribution in [1.29, 1.82) is 0 Å². The minimum absolute atomic E-state index is 0.115. The molecule has 0 radical (unpaired) electrons. The lowest BCUT2D eigenvalue weighted by atomic mass is 10.1. The van der Waals surface area contributed by atoms with Gasteiger partial charge in [-0.2, -0.15) is 0 Å². The van der Waals surface area contributed by atoms with E-state index in [0.29, 0.717) is 37.6 Å². The van der Waals surface area contributed by atoms with Gasteiger partial charge in [-0.15, -0.1) is 0 Å². The maximum atomic E-state index is 11.8. The Morgan fingerprint density at radius 1 is 0.743 bits per heavy atom. The molecule has 0 atom stereocenters. The van der Waals surface area contributed by atoms with Gasteiger partial charge >= 0.3 is 26.8 Å². The summed E-state index contributed by atoms with van der Waals surface area (Å²) in [6.45, 7) is 6.57. The molecule has 1 N–H and O–H groups in total. The Hall–Kier alpha value is -1.99. The lowest BCUT2D eigenvalue weighted by Crippen LogP contribution is -2.42. The van der Waals surface area contributed by atoms with E-state index in [1.807, 2.05) is 0 Å². The summed E-state index contributed by atoms with van der Waals surface area (Å²) in [6, 6.07) is 0.591. The summed E-state index contributed by atoms with van der Waals surface area (Å²) < 4.78 is 36.3. The lowest BCUT2D eigenvalue weighted by molar-refractivity contribution is -0.144. The molecule has 0 aromatic rings. The molecule has 0 rings (SSSR count). The molecule has 0 aliphatic heterocycles. The largest absolute Gasteiger partial charge is 0.500 e. The summed E-state index contributed by atoms with van der Waals surface area (Å²) in [6.07, 6.45) is 4.96. The number of ether oxygens (including phenoxy) is 4. The number of unbranched alkanes of at least 4 members (excludes halogenated alkanes) is 4. The van der Waals surface area contributed by atoms with Crippen molar-refractivity contribution in [2.75, 3.05) is 60.9 Å². The standard InChI is InChI=1S/C23H43NO10Si/c1-20(2)22(26)33-17-15-31-16-18-34-23(27)24-13-10-8-6-7-9-12-21(25)32-14-11-19-35(28-3,29-4)30-5/h1,6-19H2,2-5H3,(H,24,27). The molecule has 0 aliphatic carbocycles. The van der Waals surface area contributed by atoms with Gasteiger partial charge in [0.15, 0.2) is 0 Å². The maximum absolute atomic E-state index is 11.8. The number of esters is 2. The molecular formula is C23H43NO10Si. The highest BCUT2D eigenvalue weighted by Crippen LogP contribution is 2.15. The van der Waals surface area contributed by atoms with E-state index in [0.717, 1.165) is 32.1 Å². The van der Waals surface area contributed by atoms with Gasteiger partial charge in [-0.3, -0.25) is 4.79 Å². The Morgan fingerprint density at radius 2 is 1.34 bits per heavy atom. The summed E-state index contributed by atoms with van der Waals surface area (Å²) in [5.74, 6) is -0.662. The smallest absolute Gasteiger partial charge is 0.466 e. The van der Waals surface area contributed by atoms with Crippen LogP contribution in [0.1, 0.15) is 51.9 Å². The van der Waals surface area contributed by atoms with Gasteiger partial charge in [0.25, 0.3) is 0 Å². The molecule has 0 unspecified atom stereocenters. The van der Waals surface area contributed by atoms with Crippen molar-refractivity contribution < 1.29 is 46.6 Å². The Balaban J connectivity index is 3.49. The Kier molecular flexibility index (Phi) is 20.1. The normalized spacial score (nSPS) is 11.1. The van der Waals surface area contributed by atoms with E-state index in [-0.39, 0.29) is 32.4 Å². The summed E-state index contributed by atoms with van der Waals surface area (Å²) >= 11 is 0. The predicted molar refractivity (Wildman–Crippen MR) is 131 cm³/mol. The van der Waals surface area contributed by atoms with Crippen LogP contribution in [0.2, 0.25) is 6.04 Å². The highest BCUT2D eigenvalue weighted by Gasteiger charge is 2.36. The fourth-order valence-corrected chi connectivity index (χ4v) is 4.57. The second kappa shape index (κ2) is 21.3. The number of rotatable bonds is 22. The zero-order valence-electron chi connectivity index (χ0n) is 21.7. The monoisotopic (exact) mass is 521 g/mol. The van der Waals surface area contributed by atoms with Crippen molar-refractivity contribution in [2.24, 2.45) is 0 Å². The maximum Gasteiger partial charge on any atom is 0.500 e. The quantitative estimate of drug-likeness (QED) is 0.0746. The van der Waals surface area contributed by atoms with Crippen LogP contribution < -0.4 is 5.32 Å². The second-order valence-electron chi connectivity index (χ2n) is 7.73. The molecule has 12 heteroatoms. The molecule has 0 spiro atoms. The molecule has 35 heavy (non-hydrogen) atoms. The van der Waals surface area contributed by atoms with Crippen LogP contribution in [0.5, 0.6) is 0 Å². The first kappa shape index (κ1) is 33.0. The molecule has 204 valence electrons. The Morgan fingerprint density at radius 3 is 1.97 bits per heavy atom. The number of hydrogen-bond acceptors (Lipinski definition) is 10. The van der Waals surface area contributed by atoms with Gasteiger partial charge in [0, 0.05) is 45.9 Å². The number of carbonyl (C=O) groups excluding carboxylic acids is 3. The third kappa shape index (κ3) is 18.0. The summed E-state index contributed by atoms with van der Waals surface area (Å²) in [4.78, 5) is 34.5. The van der Waals surface area contributed by atoms with Crippen LogP contribution in [0.25, 0.3) is 0 Å². The van der Waals surface area contributed by atoms with Gasteiger partial charge in [-0.05, 0) is 26.2 Å². The summed E-state index contributed by atoms with van der Waals surface area (Å²) in [7, 11) is 2.06. The van der Waals surface area contributed by atoms with Crippen LogP contribution >= 0.6 is 0 Å². The summed E-state index contributed by atoms with van der Waals surface area (Å²) in [5.41, 5.74) is 0.332. The lowest BCUT2D eigenvalue weighted by Gasteiger charge is -2.24. The van der Waals surface area contributed by atoms with E-state index in [1.54, 1.807) is 28.3 Å². The molecule has 0 aromatic carbocycles. The fraction of sp³-hybridized carbons (Fsp3) is 0.783. The van der Waals surface area contributed by atoms with Crippen LogP contribution in [-0.4, -0.2) is 87.7 Å². The van der Waals surface area contributed by atoms with E-state index in [2.05, 4.69) is 11.9 Å².